The molecule has 0 saturated heterocycles. The second-order valence-corrected chi connectivity index (χ2v) is 12.0. The molecule has 2 atom stereocenters. The molecule has 0 radical (unpaired) electrons. The number of carbonyl (C=O) groups is 1. The van der Waals surface area contributed by atoms with E-state index in [1.165, 1.54) is 37.3 Å². The number of nitrogens with zero attached hydrogens (tertiary/aromatic N) is 1. The van der Waals surface area contributed by atoms with Gasteiger partial charge in [0.05, 0.1) is 32.8 Å². The Morgan fingerprint density at radius 3 is 2.47 bits per heavy atom. The number of allylic oxidation sites excluding steroid dienone is 1. The maximum absolute atomic E-state index is 15.2. The molecule has 2 aliphatic heterocycles. The van der Waals surface area contributed by atoms with E-state index in [4.69, 9.17) is 21.4 Å². The highest BCUT2D eigenvalue weighted by Gasteiger charge is 2.49. The van der Waals surface area contributed by atoms with Gasteiger partial charge in [-0.2, -0.15) is 0 Å². The van der Waals surface area contributed by atoms with Crippen molar-refractivity contribution in [3.63, 3.8) is 0 Å². The summed E-state index contributed by atoms with van der Waals surface area (Å²) in [5.41, 5.74) is -0.580. The second kappa shape index (κ2) is 8.88. The zero-order valence-electron chi connectivity index (χ0n) is 17.7. The first-order chi connectivity index (χ1) is 16.0. The Bertz CT molecular complexity index is 1450. The number of benzene rings is 2. The van der Waals surface area contributed by atoms with E-state index in [-0.39, 0.29) is 28.6 Å². The van der Waals surface area contributed by atoms with Crippen LogP contribution in [0.1, 0.15) is 18.4 Å². The summed E-state index contributed by atoms with van der Waals surface area (Å²) in [5.74, 6) is -5.57. The molecular formula is C22H19ClFNO7S2. The van der Waals surface area contributed by atoms with Crippen molar-refractivity contribution < 1.29 is 35.9 Å². The Kier molecular flexibility index (Phi) is 6.40. The Balaban J connectivity index is 2.09. The average Bonchev–Trinajstić information content (AvgIpc) is 2.82. The number of aliphatic imine (C=N–C) groups is 1. The first kappa shape index (κ1) is 24.5. The third-order valence-corrected chi connectivity index (χ3v) is 9.79. The lowest BCUT2D eigenvalue weighted by Crippen LogP contribution is -2.37. The van der Waals surface area contributed by atoms with Gasteiger partial charge in [0.2, 0.25) is 9.84 Å². The van der Waals surface area contributed by atoms with Crippen LogP contribution >= 0.6 is 11.6 Å². The van der Waals surface area contributed by atoms with E-state index in [9.17, 15) is 21.6 Å². The molecule has 4 rings (SSSR count). The van der Waals surface area contributed by atoms with Crippen molar-refractivity contribution in [2.45, 2.75) is 22.6 Å². The number of hydrogen-bond acceptors (Lipinski definition) is 8. The summed E-state index contributed by atoms with van der Waals surface area (Å²) in [4.78, 5) is 15.8. The molecular weight excluding hydrogens is 509 g/mol. The van der Waals surface area contributed by atoms with Crippen LogP contribution < -0.4 is 0 Å². The Labute approximate surface area is 200 Å². The van der Waals surface area contributed by atoms with Gasteiger partial charge in [0, 0.05) is 22.2 Å². The standard InChI is InChI=1S/C22H19ClFNO7S2/c1-12-18(22(27)32-10-9-26)20(19-13(23)5-4-6-14(19)24)21-15(25-12)11-33(28,29)16-7-2-3-8-17(16)34(21,30)31/h2-8,18,20,26H,9-11H2,1H3. The molecule has 0 saturated carbocycles. The minimum absolute atomic E-state index is 0.0300. The van der Waals surface area contributed by atoms with E-state index in [0.717, 1.165) is 12.1 Å². The van der Waals surface area contributed by atoms with Crippen LogP contribution in [0.5, 0.6) is 0 Å². The number of sulfone groups is 2. The fourth-order valence-corrected chi connectivity index (χ4v) is 8.61. The fraction of sp³-hybridized carbons (Fsp3) is 0.273. The molecule has 2 aromatic carbocycles. The molecule has 8 nitrogen and oxygen atoms in total. The summed E-state index contributed by atoms with van der Waals surface area (Å²) < 4.78 is 74.2. The third kappa shape index (κ3) is 3.96. The molecule has 180 valence electrons. The zero-order chi connectivity index (χ0) is 24.8. The van der Waals surface area contributed by atoms with E-state index in [2.05, 4.69) is 4.99 Å². The van der Waals surface area contributed by atoms with Crippen LogP contribution in [0.25, 0.3) is 0 Å². The number of fused-ring (bicyclic) bond motifs is 1. The maximum atomic E-state index is 15.2. The van der Waals surface area contributed by atoms with E-state index in [1.54, 1.807) is 0 Å². The molecule has 0 bridgehead atoms. The van der Waals surface area contributed by atoms with Crippen molar-refractivity contribution in [3.05, 3.63) is 69.5 Å². The smallest absolute Gasteiger partial charge is 0.315 e. The molecule has 2 aliphatic rings. The lowest BCUT2D eigenvalue weighted by Gasteiger charge is -2.32. The molecule has 0 spiro atoms. The monoisotopic (exact) mass is 527 g/mol. The van der Waals surface area contributed by atoms with Gasteiger partial charge in [-0.15, -0.1) is 0 Å². The van der Waals surface area contributed by atoms with Crippen LogP contribution in [-0.2, 0) is 29.2 Å². The molecule has 2 unspecified atom stereocenters. The highest BCUT2D eigenvalue weighted by atomic mass is 35.5. The Morgan fingerprint density at radius 1 is 1.15 bits per heavy atom. The molecule has 1 N–H and O–H groups in total. The summed E-state index contributed by atoms with van der Waals surface area (Å²) in [7, 11) is -8.72. The van der Waals surface area contributed by atoms with Gasteiger partial charge in [-0.3, -0.25) is 9.79 Å². The lowest BCUT2D eigenvalue weighted by molar-refractivity contribution is -0.147. The van der Waals surface area contributed by atoms with Crippen LogP contribution in [0, 0.1) is 11.7 Å². The van der Waals surface area contributed by atoms with Crippen molar-refractivity contribution in [2.75, 3.05) is 19.0 Å². The van der Waals surface area contributed by atoms with E-state index >= 15 is 4.39 Å². The van der Waals surface area contributed by atoms with E-state index in [0.29, 0.717) is 0 Å². The van der Waals surface area contributed by atoms with Crippen molar-refractivity contribution in [1.82, 2.24) is 0 Å². The second-order valence-electron chi connectivity index (χ2n) is 7.76. The van der Waals surface area contributed by atoms with Gasteiger partial charge in [0.25, 0.3) is 0 Å². The molecule has 0 fully saturated rings. The van der Waals surface area contributed by atoms with Crippen LogP contribution in [0.15, 0.2) is 67.9 Å². The summed E-state index contributed by atoms with van der Waals surface area (Å²) in [6, 6.07) is 8.80. The highest BCUT2D eigenvalue weighted by Crippen LogP contribution is 2.49. The lowest BCUT2D eigenvalue weighted by atomic mass is 9.80. The molecule has 0 aromatic heterocycles. The number of esters is 1. The van der Waals surface area contributed by atoms with Gasteiger partial charge >= 0.3 is 5.97 Å². The number of aliphatic hydroxyl groups is 1. The topological polar surface area (TPSA) is 127 Å². The van der Waals surface area contributed by atoms with Crippen LogP contribution in [0.2, 0.25) is 5.02 Å². The average molecular weight is 528 g/mol. The molecule has 0 aliphatic carbocycles. The van der Waals surface area contributed by atoms with Crippen molar-refractivity contribution in [1.29, 1.82) is 0 Å². The number of rotatable bonds is 4. The molecule has 34 heavy (non-hydrogen) atoms. The Morgan fingerprint density at radius 2 is 1.82 bits per heavy atom. The van der Waals surface area contributed by atoms with Gasteiger partial charge in [-0.05, 0) is 31.2 Å². The largest absolute Gasteiger partial charge is 0.463 e. The number of aliphatic hydroxyl groups excluding tert-OH is 1. The summed E-state index contributed by atoms with van der Waals surface area (Å²) in [5, 5.41) is 8.91. The van der Waals surface area contributed by atoms with E-state index < -0.39 is 70.4 Å². The molecule has 0 amide bonds. The number of carbonyl (C=O) groups excluding carboxylic acids is 1. The quantitative estimate of drug-likeness (QED) is 0.605. The number of hydrogen-bond donors (Lipinski definition) is 1. The molecule has 2 aromatic rings. The molecule has 12 heteroatoms. The Hall–Kier alpha value is -2.60. The molecule has 2 heterocycles. The summed E-state index contributed by atoms with van der Waals surface area (Å²) >= 11 is 6.30. The minimum Gasteiger partial charge on any atom is -0.463 e. The van der Waals surface area contributed by atoms with Crippen molar-refractivity contribution in [2.24, 2.45) is 10.9 Å². The predicted octanol–water partition coefficient (Wildman–Crippen LogP) is 2.66. The first-order valence-corrected chi connectivity index (χ1v) is 13.6. The highest BCUT2D eigenvalue weighted by molar-refractivity contribution is 7.97. The number of halogens is 2. The van der Waals surface area contributed by atoms with Crippen LogP contribution in [0.4, 0.5) is 4.39 Å². The predicted molar refractivity (Wildman–Crippen MR) is 122 cm³/mol. The van der Waals surface area contributed by atoms with Gasteiger partial charge in [-0.25, -0.2) is 21.2 Å². The normalized spacial score (nSPS) is 22.8. The van der Waals surface area contributed by atoms with Crippen molar-refractivity contribution in [3.8, 4) is 0 Å². The van der Waals surface area contributed by atoms with Gasteiger partial charge in [0.1, 0.15) is 18.3 Å². The zero-order valence-corrected chi connectivity index (χ0v) is 20.1. The van der Waals surface area contributed by atoms with Gasteiger partial charge in [0.15, 0.2) is 9.84 Å². The van der Waals surface area contributed by atoms with Gasteiger partial charge in [-0.1, -0.05) is 29.8 Å². The van der Waals surface area contributed by atoms with Crippen molar-refractivity contribution >= 4 is 43.0 Å². The SMILES string of the molecule is CC1=NC2=C(C(c3c(F)cccc3Cl)C1C(=O)OCCO)S(=O)(=O)c1ccccc1S(=O)(=O)C2. The van der Waals surface area contributed by atoms with E-state index in [1.807, 2.05) is 0 Å². The maximum Gasteiger partial charge on any atom is 0.315 e. The fourth-order valence-electron chi connectivity index (χ4n) is 4.29. The third-order valence-electron chi connectivity index (χ3n) is 5.65. The first-order valence-electron chi connectivity index (χ1n) is 10.1. The summed E-state index contributed by atoms with van der Waals surface area (Å²) in [6.07, 6.45) is 0. The minimum atomic E-state index is -4.58. The van der Waals surface area contributed by atoms with Gasteiger partial charge < -0.3 is 9.84 Å². The summed E-state index contributed by atoms with van der Waals surface area (Å²) in [6.45, 7) is 0.529. The van der Waals surface area contributed by atoms with Crippen LogP contribution in [0.3, 0.4) is 0 Å². The van der Waals surface area contributed by atoms with Crippen LogP contribution in [-0.4, -0.2) is 52.6 Å². The number of ether oxygens (including phenoxy) is 1.